The van der Waals surface area contributed by atoms with Crippen molar-refractivity contribution in [3.63, 3.8) is 0 Å². The monoisotopic (exact) mass is 291 g/mol. The molecule has 0 bridgehead atoms. The zero-order valence-electron chi connectivity index (χ0n) is 10.6. The van der Waals surface area contributed by atoms with E-state index in [1.807, 2.05) is 13.0 Å². The Morgan fingerprint density at radius 1 is 1.35 bits per heavy atom. The first-order chi connectivity index (χ1) is 9.67. The molecule has 0 spiro atoms. The zero-order chi connectivity index (χ0) is 14.1. The fourth-order valence-electron chi connectivity index (χ4n) is 1.86. The number of fused-ring (bicyclic) bond motifs is 1. The number of rotatable bonds is 3. The van der Waals surface area contributed by atoms with Gasteiger partial charge >= 0.3 is 0 Å². The molecule has 0 radical (unpaired) electrons. The molecule has 0 saturated carbocycles. The van der Waals surface area contributed by atoms with Crippen molar-refractivity contribution in [1.29, 1.82) is 0 Å². The van der Waals surface area contributed by atoms with Crippen LogP contribution in [0.25, 0.3) is 5.78 Å². The minimum absolute atomic E-state index is 0.299. The molecule has 2 aromatic heterocycles. The van der Waals surface area contributed by atoms with Crippen LogP contribution in [-0.2, 0) is 6.42 Å². The SMILES string of the molecule is CCc1cc(Nc2ccc(F)cc2Cl)n2ncnc2n1. The topological polar surface area (TPSA) is 55.1 Å². The summed E-state index contributed by atoms with van der Waals surface area (Å²) in [4.78, 5) is 8.42. The highest BCUT2D eigenvalue weighted by Gasteiger charge is 2.09. The van der Waals surface area contributed by atoms with Gasteiger partial charge in [-0.3, -0.25) is 0 Å². The number of halogens is 2. The molecule has 0 aliphatic rings. The normalized spacial score (nSPS) is 10.9. The molecule has 3 rings (SSSR count). The molecule has 7 heteroatoms. The van der Waals surface area contributed by atoms with Gasteiger partial charge in [0.05, 0.1) is 10.7 Å². The van der Waals surface area contributed by atoms with Gasteiger partial charge in [-0.15, -0.1) is 0 Å². The standard InChI is InChI=1S/C13H11ClFN5/c1-2-9-6-12(20-13(18-9)16-7-17-20)19-11-4-3-8(15)5-10(11)14/h3-7,19H,2H2,1H3. The van der Waals surface area contributed by atoms with Crippen LogP contribution in [-0.4, -0.2) is 19.6 Å². The van der Waals surface area contributed by atoms with E-state index in [4.69, 9.17) is 11.6 Å². The van der Waals surface area contributed by atoms with Gasteiger partial charge in [0, 0.05) is 11.8 Å². The van der Waals surface area contributed by atoms with Crippen LogP contribution >= 0.6 is 11.6 Å². The highest BCUT2D eigenvalue weighted by Crippen LogP contribution is 2.26. The lowest BCUT2D eigenvalue weighted by Crippen LogP contribution is -2.04. The van der Waals surface area contributed by atoms with E-state index in [1.54, 1.807) is 10.6 Å². The molecular formula is C13H11ClFN5. The highest BCUT2D eigenvalue weighted by atomic mass is 35.5. The quantitative estimate of drug-likeness (QED) is 0.805. The maximum Gasteiger partial charge on any atom is 0.254 e. The summed E-state index contributed by atoms with van der Waals surface area (Å²) >= 11 is 6.01. The summed E-state index contributed by atoms with van der Waals surface area (Å²) in [6, 6.07) is 6.03. The molecule has 0 saturated heterocycles. The van der Waals surface area contributed by atoms with Crippen molar-refractivity contribution in [2.24, 2.45) is 0 Å². The lowest BCUT2D eigenvalue weighted by atomic mass is 10.3. The predicted octanol–water partition coefficient (Wildman–Crippen LogP) is 3.22. The van der Waals surface area contributed by atoms with Crippen molar-refractivity contribution in [2.45, 2.75) is 13.3 Å². The van der Waals surface area contributed by atoms with Crippen LogP contribution in [0.1, 0.15) is 12.6 Å². The van der Waals surface area contributed by atoms with Crippen LogP contribution in [0.4, 0.5) is 15.9 Å². The first kappa shape index (κ1) is 12.8. The number of nitrogens with one attached hydrogen (secondary N) is 1. The highest BCUT2D eigenvalue weighted by molar-refractivity contribution is 6.33. The molecule has 0 atom stereocenters. The summed E-state index contributed by atoms with van der Waals surface area (Å²) in [5, 5.41) is 7.53. The van der Waals surface area contributed by atoms with Crippen molar-refractivity contribution in [3.05, 3.63) is 47.1 Å². The molecule has 0 unspecified atom stereocenters. The Bertz CT molecular complexity index is 771. The maximum atomic E-state index is 13.1. The largest absolute Gasteiger partial charge is 0.339 e. The molecule has 1 N–H and O–H groups in total. The van der Waals surface area contributed by atoms with Crippen molar-refractivity contribution in [1.82, 2.24) is 19.6 Å². The number of anilines is 2. The van der Waals surface area contributed by atoms with Crippen LogP contribution in [0.5, 0.6) is 0 Å². The first-order valence-electron chi connectivity index (χ1n) is 6.09. The minimum Gasteiger partial charge on any atom is -0.339 e. The average molecular weight is 292 g/mol. The van der Waals surface area contributed by atoms with Crippen molar-refractivity contribution in [3.8, 4) is 0 Å². The Kier molecular flexibility index (Phi) is 3.23. The number of nitrogens with zero attached hydrogens (tertiary/aromatic N) is 4. The smallest absolute Gasteiger partial charge is 0.254 e. The lowest BCUT2D eigenvalue weighted by Gasteiger charge is -2.10. The van der Waals surface area contributed by atoms with Crippen LogP contribution in [0.3, 0.4) is 0 Å². The molecule has 20 heavy (non-hydrogen) atoms. The van der Waals surface area contributed by atoms with E-state index in [0.29, 0.717) is 22.3 Å². The average Bonchev–Trinajstić information content (AvgIpc) is 2.90. The molecular weight excluding hydrogens is 281 g/mol. The van der Waals surface area contributed by atoms with E-state index in [1.165, 1.54) is 18.5 Å². The fraction of sp³-hybridized carbons (Fsp3) is 0.154. The minimum atomic E-state index is -0.379. The Balaban J connectivity index is 2.07. The number of aryl methyl sites for hydroxylation is 1. The number of hydrogen-bond acceptors (Lipinski definition) is 4. The van der Waals surface area contributed by atoms with Crippen molar-refractivity contribution in [2.75, 3.05) is 5.32 Å². The van der Waals surface area contributed by atoms with Crippen LogP contribution in [0, 0.1) is 5.82 Å². The Labute approximate surface area is 119 Å². The fourth-order valence-corrected chi connectivity index (χ4v) is 2.07. The number of aromatic nitrogens is 4. The molecule has 2 heterocycles. The summed E-state index contributed by atoms with van der Waals surface area (Å²) in [7, 11) is 0. The predicted molar refractivity (Wildman–Crippen MR) is 74.9 cm³/mol. The second kappa shape index (κ2) is 5.05. The molecule has 1 aromatic carbocycles. The van der Waals surface area contributed by atoms with Gasteiger partial charge in [0.15, 0.2) is 0 Å². The Hall–Kier alpha value is -2.21. The second-order valence-corrected chi connectivity index (χ2v) is 4.61. The summed E-state index contributed by atoms with van der Waals surface area (Å²) < 4.78 is 14.6. The van der Waals surface area contributed by atoms with E-state index in [2.05, 4.69) is 20.4 Å². The van der Waals surface area contributed by atoms with Gasteiger partial charge in [-0.1, -0.05) is 18.5 Å². The molecule has 102 valence electrons. The Morgan fingerprint density at radius 2 is 2.20 bits per heavy atom. The van der Waals surface area contributed by atoms with E-state index < -0.39 is 0 Å². The molecule has 3 aromatic rings. The van der Waals surface area contributed by atoms with E-state index in [0.717, 1.165) is 12.1 Å². The van der Waals surface area contributed by atoms with Gasteiger partial charge in [0.25, 0.3) is 5.78 Å². The first-order valence-corrected chi connectivity index (χ1v) is 6.47. The number of benzene rings is 1. The molecule has 0 aliphatic heterocycles. The lowest BCUT2D eigenvalue weighted by molar-refractivity contribution is 0.628. The van der Waals surface area contributed by atoms with Gasteiger partial charge in [-0.2, -0.15) is 14.6 Å². The summed E-state index contributed by atoms with van der Waals surface area (Å²) in [5.74, 6) is 0.804. The second-order valence-electron chi connectivity index (χ2n) is 4.21. The van der Waals surface area contributed by atoms with Gasteiger partial charge in [-0.25, -0.2) is 9.37 Å². The van der Waals surface area contributed by atoms with Crippen molar-refractivity contribution < 1.29 is 4.39 Å². The van der Waals surface area contributed by atoms with Crippen LogP contribution in [0.15, 0.2) is 30.6 Å². The van der Waals surface area contributed by atoms with E-state index in [-0.39, 0.29) is 5.82 Å². The number of hydrogen-bond donors (Lipinski definition) is 1. The van der Waals surface area contributed by atoms with E-state index in [9.17, 15) is 4.39 Å². The molecule has 0 fully saturated rings. The zero-order valence-corrected chi connectivity index (χ0v) is 11.4. The summed E-state index contributed by atoms with van der Waals surface area (Å²) in [6.45, 7) is 2.00. The summed E-state index contributed by atoms with van der Waals surface area (Å²) in [6.07, 6.45) is 2.20. The maximum absolute atomic E-state index is 13.1. The van der Waals surface area contributed by atoms with E-state index >= 15 is 0 Å². The van der Waals surface area contributed by atoms with Crippen LogP contribution < -0.4 is 5.32 Å². The van der Waals surface area contributed by atoms with Gasteiger partial charge < -0.3 is 5.32 Å². The third kappa shape index (κ3) is 2.30. The summed E-state index contributed by atoms with van der Waals surface area (Å²) in [5.41, 5.74) is 1.48. The van der Waals surface area contributed by atoms with Crippen LogP contribution in [0.2, 0.25) is 5.02 Å². The van der Waals surface area contributed by atoms with Crippen molar-refractivity contribution >= 4 is 28.9 Å². The van der Waals surface area contributed by atoms with Gasteiger partial charge in [0.2, 0.25) is 0 Å². The van der Waals surface area contributed by atoms with Gasteiger partial charge in [0.1, 0.15) is 18.0 Å². The Morgan fingerprint density at radius 3 is 2.95 bits per heavy atom. The molecule has 0 amide bonds. The third-order valence-corrected chi connectivity index (χ3v) is 3.17. The molecule has 5 nitrogen and oxygen atoms in total. The third-order valence-electron chi connectivity index (χ3n) is 2.86. The molecule has 0 aliphatic carbocycles. The van der Waals surface area contributed by atoms with Gasteiger partial charge in [-0.05, 0) is 24.6 Å².